The smallest absolute Gasteiger partial charge is 0.289 e. The zero-order valence-electron chi connectivity index (χ0n) is 16.1. The first kappa shape index (κ1) is 20.0. The van der Waals surface area contributed by atoms with Crippen molar-refractivity contribution in [1.82, 2.24) is 4.90 Å². The van der Waals surface area contributed by atoms with Gasteiger partial charge in [0, 0.05) is 18.8 Å². The summed E-state index contributed by atoms with van der Waals surface area (Å²) >= 11 is 0. The number of nitrogens with one attached hydrogen (secondary N) is 1. The number of carbonyl (C=O) groups excluding carboxylic acids is 1. The summed E-state index contributed by atoms with van der Waals surface area (Å²) < 4.78 is 51.7. The topological polar surface area (TPSA) is 88.9 Å². The molecule has 0 radical (unpaired) electrons. The van der Waals surface area contributed by atoms with Crippen LogP contribution in [0.15, 0.2) is 64.1 Å². The number of halogens is 1. The molecule has 1 aliphatic rings. The van der Waals surface area contributed by atoms with E-state index in [1.54, 1.807) is 29.2 Å². The van der Waals surface area contributed by atoms with E-state index in [-0.39, 0.29) is 22.3 Å². The molecular formula is C21H19FN2O5S. The Balaban J connectivity index is 1.55. The molecule has 0 unspecified atom stereocenters. The second-order valence-electron chi connectivity index (χ2n) is 6.84. The lowest BCUT2D eigenvalue weighted by molar-refractivity contribution is 0.0702. The number of amides is 1. The van der Waals surface area contributed by atoms with Crippen LogP contribution in [0.3, 0.4) is 0 Å². The number of rotatable bonds is 5. The van der Waals surface area contributed by atoms with E-state index < -0.39 is 15.8 Å². The van der Waals surface area contributed by atoms with Crippen LogP contribution in [0, 0.1) is 5.82 Å². The Kier molecular flexibility index (Phi) is 5.21. The number of furan rings is 1. The fourth-order valence-corrected chi connectivity index (χ4v) is 4.44. The Morgan fingerprint density at radius 1 is 1.17 bits per heavy atom. The molecule has 2 heterocycles. The molecule has 0 atom stereocenters. The summed E-state index contributed by atoms with van der Waals surface area (Å²) in [5.41, 5.74) is 2.21. The third kappa shape index (κ3) is 3.88. The molecule has 1 N–H and O–H groups in total. The van der Waals surface area contributed by atoms with Crippen LogP contribution in [0.5, 0.6) is 5.75 Å². The van der Waals surface area contributed by atoms with Crippen molar-refractivity contribution in [2.45, 2.75) is 17.9 Å². The Bertz CT molecular complexity index is 1190. The van der Waals surface area contributed by atoms with Gasteiger partial charge in [0.25, 0.3) is 15.9 Å². The van der Waals surface area contributed by atoms with E-state index >= 15 is 0 Å². The summed E-state index contributed by atoms with van der Waals surface area (Å²) in [6, 6.07) is 11.9. The third-order valence-electron chi connectivity index (χ3n) is 4.92. The van der Waals surface area contributed by atoms with Gasteiger partial charge in [0.05, 0.1) is 18.3 Å². The summed E-state index contributed by atoms with van der Waals surface area (Å²) in [5.74, 6) is -0.760. The largest absolute Gasteiger partial charge is 0.494 e. The average Bonchev–Trinajstić information content (AvgIpc) is 3.27. The van der Waals surface area contributed by atoms with Crippen molar-refractivity contribution < 1.29 is 26.8 Å². The number of sulfonamides is 1. The summed E-state index contributed by atoms with van der Waals surface area (Å²) in [6.07, 6.45) is 2.10. The van der Waals surface area contributed by atoms with Crippen LogP contribution in [-0.4, -0.2) is 32.9 Å². The maximum Gasteiger partial charge on any atom is 0.289 e. The fourth-order valence-electron chi connectivity index (χ4n) is 3.38. The van der Waals surface area contributed by atoms with Crippen molar-refractivity contribution in [1.29, 1.82) is 0 Å². The fraction of sp³-hybridized carbons (Fsp3) is 0.190. The second kappa shape index (κ2) is 7.83. The van der Waals surface area contributed by atoms with E-state index in [2.05, 4.69) is 4.72 Å². The van der Waals surface area contributed by atoms with Gasteiger partial charge in [0.1, 0.15) is 0 Å². The molecule has 1 aromatic heterocycles. The number of carbonyl (C=O) groups is 1. The minimum atomic E-state index is -3.99. The van der Waals surface area contributed by atoms with Gasteiger partial charge in [-0.15, -0.1) is 0 Å². The van der Waals surface area contributed by atoms with Gasteiger partial charge in [-0.2, -0.15) is 0 Å². The number of fused-ring (bicyclic) bond motifs is 1. The molecule has 1 aliphatic heterocycles. The monoisotopic (exact) mass is 430 g/mol. The normalized spacial score (nSPS) is 13.6. The zero-order valence-corrected chi connectivity index (χ0v) is 16.9. The minimum absolute atomic E-state index is 0.0379. The van der Waals surface area contributed by atoms with Crippen molar-refractivity contribution in [3.05, 3.63) is 77.5 Å². The number of benzene rings is 2. The summed E-state index contributed by atoms with van der Waals surface area (Å²) in [7, 11) is -2.69. The number of anilines is 1. The van der Waals surface area contributed by atoms with Crippen molar-refractivity contribution in [3.63, 3.8) is 0 Å². The lowest BCUT2D eigenvalue weighted by Crippen LogP contribution is -2.35. The Hall–Kier alpha value is -3.33. The molecule has 0 bridgehead atoms. The lowest BCUT2D eigenvalue weighted by Gasteiger charge is -2.28. The van der Waals surface area contributed by atoms with Crippen molar-refractivity contribution >= 4 is 21.6 Å². The van der Waals surface area contributed by atoms with Crippen LogP contribution in [0.25, 0.3) is 0 Å². The molecule has 2 aromatic carbocycles. The van der Waals surface area contributed by atoms with E-state index in [4.69, 9.17) is 9.15 Å². The minimum Gasteiger partial charge on any atom is -0.494 e. The number of ether oxygens (including phenoxy) is 1. The van der Waals surface area contributed by atoms with Crippen LogP contribution >= 0.6 is 0 Å². The molecule has 9 heteroatoms. The van der Waals surface area contributed by atoms with Crippen molar-refractivity contribution in [2.75, 3.05) is 18.4 Å². The van der Waals surface area contributed by atoms with Gasteiger partial charge < -0.3 is 14.1 Å². The standard InChI is InChI=1S/C21H19FN2O5S/c1-28-19-7-6-17(12-18(19)22)30(26,27)23-16-5-4-14-8-9-24(13-15(14)11-16)21(25)20-3-2-10-29-20/h2-7,10-12,23H,8-9,13H2,1H3. The first-order valence-corrected chi connectivity index (χ1v) is 10.7. The highest BCUT2D eigenvalue weighted by Crippen LogP contribution is 2.27. The molecule has 4 rings (SSSR count). The van der Waals surface area contributed by atoms with Crippen LogP contribution in [0.2, 0.25) is 0 Å². The molecule has 156 valence electrons. The maximum atomic E-state index is 13.9. The lowest BCUT2D eigenvalue weighted by atomic mass is 9.99. The van der Waals surface area contributed by atoms with Gasteiger partial charge in [-0.25, -0.2) is 12.8 Å². The highest BCUT2D eigenvalue weighted by atomic mass is 32.2. The Morgan fingerprint density at radius 2 is 2.00 bits per heavy atom. The van der Waals surface area contributed by atoms with Crippen LogP contribution in [0.1, 0.15) is 21.7 Å². The molecule has 0 aliphatic carbocycles. The van der Waals surface area contributed by atoms with Crippen molar-refractivity contribution in [3.8, 4) is 5.75 Å². The van der Waals surface area contributed by atoms with Gasteiger partial charge in [0.2, 0.25) is 0 Å². The quantitative estimate of drug-likeness (QED) is 0.670. The van der Waals surface area contributed by atoms with E-state index in [1.807, 2.05) is 6.07 Å². The predicted octanol–water partition coefficient (Wildman–Crippen LogP) is 3.43. The van der Waals surface area contributed by atoms with E-state index in [0.29, 0.717) is 25.2 Å². The Labute approximate surface area is 173 Å². The molecule has 0 saturated carbocycles. The van der Waals surface area contributed by atoms with Gasteiger partial charge in [-0.05, 0) is 60.0 Å². The molecule has 0 saturated heterocycles. The molecule has 0 fully saturated rings. The number of nitrogens with zero attached hydrogens (tertiary/aromatic N) is 1. The summed E-state index contributed by atoms with van der Waals surface area (Å²) in [6.45, 7) is 0.879. The summed E-state index contributed by atoms with van der Waals surface area (Å²) in [4.78, 5) is 14.0. The number of methoxy groups -OCH3 is 1. The second-order valence-corrected chi connectivity index (χ2v) is 8.52. The van der Waals surface area contributed by atoms with E-state index in [0.717, 1.165) is 17.2 Å². The first-order chi connectivity index (χ1) is 14.4. The van der Waals surface area contributed by atoms with Gasteiger partial charge in [-0.1, -0.05) is 6.07 Å². The van der Waals surface area contributed by atoms with E-state index in [9.17, 15) is 17.6 Å². The van der Waals surface area contributed by atoms with Crippen LogP contribution < -0.4 is 9.46 Å². The number of hydrogen-bond donors (Lipinski definition) is 1. The third-order valence-corrected chi connectivity index (χ3v) is 6.30. The SMILES string of the molecule is COc1ccc(S(=O)(=O)Nc2ccc3c(c2)CN(C(=O)c2ccco2)CC3)cc1F. The highest BCUT2D eigenvalue weighted by molar-refractivity contribution is 7.92. The van der Waals surface area contributed by atoms with Gasteiger partial charge in [0.15, 0.2) is 17.3 Å². The Morgan fingerprint density at radius 3 is 2.70 bits per heavy atom. The molecule has 30 heavy (non-hydrogen) atoms. The zero-order chi connectivity index (χ0) is 21.3. The van der Waals surface area contributed by atoms with Gasteiger partial charge >= 0.3 is 0 Å². The van der Waals surface area contributed by atoms with E-state index in [1.165, 1.54) is 25.5 Å². The van der Waals surface area contributed by atoms with Crippen LogP contribution in [-0.2, 0) is 23.0 Å². The average molecular weight is 430 g/mol. The predicted molar refractivity (Wildman–Crippen MR) is 107 cm³/mol. The first-order valence-electron chi connectivity index (χ1n) is 9.18. The molecule has 0 spiro atoms. The summed E-state index contributed by atoms with van der Waals surface area (Å²) in [5, 5.41) is 0. The highest BCUT2D eigenvalue weighted by Gasteiger charge is 2.24. The van der Waals surface area contributed by atoms with Gasteiger partial charge in [-0.3, -0.25) is 9.52 Å². The number of hydrogen-bond acceptors (Lipinski definition) is 5. The molecular weight excluding hydrogens is 411 g/mol. The molecule has 3 aromatic rings. The molecule has 7 nitrogen and oxygen atoms in total. The molecule has 1 amide bonds. The van der Waals surface area contributed by atoms with Crippen LogP contribution in [0.4, 0.5) is 10.1 Å². The van der Waals surface area contributed by atoms with Crippen molar-refractivity contribution in [2.24, 2.45) is 0 Å². The maximum absolute atomic E-state index is 13.9.